The minimum absolute atomic E-state index is 0.124. The zero-order chi connectivity index (χ0) is 24.9. The van der Waals surface area contributed by atoms with Crippen LogP contribution in [0.1, 0.15) is 46.3 Å². The molecule has 0 bridgehead atoms. The van der Waals surface area contributed by atoms with Crippen molar-refractivity contribution in [3.8, 4) is 11.6 Å². The molecule has 1 aliphatic heterocycles. The molecule has 2 aliphatic rings. The molecule has 10 heteroatoms. The average molecular weight is 490 g/mol. The smallest absolute Gasteiger partial charge is 0.274 e. The Morgan fingerprint density at radius 1 is 1.08 bits per heavy atom. The predicted molar refractivity (Wildman–Crippen MR) is 136 cm³/mol. The van der Waals surface area contributed by atoms with Gasteiger partial charge in [-0.25, -0.2) is 15.0 Å². The van der Waals surface area contributed by atoms with Crippen molar-refractivity contribution in [2.45, 2.75) is 31.6 Å². The fraction of sp³-hybridized carbons (Fsp3) is 0.423. The van der Waals surface area contributed by atoms with Gasteiger partial charge in [0.05, 0.1) is 31.8 Å². The molecule has 10 nitrogen and oxygen atoms in total. The number of pyridine rings is 2. The van der Waals surface area contributed by atoms with Gasteiger partial charge in [0, 0.05) is 50.2 Å². The van der Waals surface area contributed by atoms with Crippen LogP contribution in [0.2, 0.25) is 0 Å². The molecule has 1 atom stereocenters. The van der Waals surface area contributed by atoms with Gasteiger partial charge >= 0.3 is 0 Å². The van der Waals surface area contributed by atoms with Crippen molar-refractivity contribution in [2.75, 3.05) is 50.6 Å². The van der Waals surface area contributed by atoms with E-state index in [1.165, 1.54) is 0 Å². The number of hydrogen-bond acceptors (Lipinski definition) is 9. The average Bonchev–Trinajstić information content (AvgIpc) is 3.15. The van der Waals surface area contributed by atoms with E-state index in [2.05, 4.69) is 35.5 Å². The van der Waals surface area contributed by atoms with Gasteiger partial charge in [-0.05, 0) is 49.4 Å². The van der Waals surface area contributed by atoms with Crippen LogP contribution in [0.5, 0.6) is 11.6 Å². The molecule has 1 unspecified atom stereocenters. The lowest BCUT2D eigenvalue weighted by atomic mass is 9.98. The van der Waals surface area contributed by atoms with E-state index in [4.69, 9.17) is 9.47 Å². The molecule has 0 aromatic carbocycles. The van der Waals surface area contributed by atoms with Crippen LogP contribution in [0, 0.1) is 0 Å². The maximum Gasteiger partial charge on any atom is 0.274 e. The molecule has 1 fully saturated rings. The Hall–Kier alpha value is -3.79. The van der Waals surface area contributed by atoms with Gasteiger partial charge in [0.25, 0.3) is 11.8 Å². The normalized spacial score (nSPS) is 17.6. The Morgan fingerprint density at radius 3 is 2.72 bits per heavy atom. The molecule has 1 saturated heterocycles. The van der Waals surface area contributed by atoms with Gasteiger partial charge in [-0.2, -0.15) is 0 Å². The third-order valence-electron chi connectivity index (χ3n) is 6.80. The standard InChI is InChI=1S/C26H31N7O3/c1-35-23-15-18-4-3-17(5-6-19(18)32-26(23)36-2)24-29-10-7-20(30-24)25(34)31-21-16-28-9-8-22(21)33-13-11-27-12-14-33/h7-10,15-17,27H,3-6,11-14H2,1-2H3,(H,31,34). The van der Waals surface area contributed by atoms with E-state index >= 15 is 0 Å². The van der Waals surface area contributed by atoms with Crippen molar-refractivity contribution in [1.29, 1.82) is 0 Å². The molecule has 5 rings (SSSR count). The summed E-state index contributed by atoms with van der Waals surface area (Å²) in [5, 5.41) is 6.37. The summed E-state index contributed by atoms with van der Waals surface area (Å²) in [4.78, 5) is 33.5. The minimum Gasteiger partial charge on any atom is -0.491 e. The van der Waals surface area contributed by atoms with Crippen LogP contribution < -0.4 is 25.0 Å². The van der Waals surface area contributed by atoms with Crippen LogP contribution >= 0.6 is 0 Å². The van der Waals surface area contributed by atoms with E-state index < -0.39 is 0 Å². The third-order valence-corrected chi connectivity index (χ3v) is 6.80. The summed E-state index contributed by atoms with van der Waals surface area (Å²) >= 11 is 0. The number of carbonyl (C=O) groups is 1. The van der Waals surface area contributed by atoms with Gasteiger partial charge in [-0.15, -0.1) is 0 Å². The van der Waals surface area contributed by atoms with Crippen molar-refractivity contribution in [1.82, 2.24) is 25.3 Å². The zero-order valence-electron chi connectivity index (χ0n) is 20.7. The van der Waals surface area contributed by atoms with Crippen LogP contribution in [0.3, 0.4) is 0 Å². The number of fused-ring (bicyclic) bond motifs is 1. The summed E-state index contributed by atoms with van der Waals surface area (Å²) in [6, 6.07) is 5.61. The molecule has 0 spiro atoms. The van der Waals surface area contributed by atoms with Crippen LogP contribution in [-0.4, -0.2) is 66.2 Å². The lowest BCUT2D eigenvalue weighted by Crippen LogP contribution is -2.43. The van der Waals surface area contributed by atoms with Crippen molar-refractivity contribution in [2.24, 2.45) is 0 Å². The number of aromatic nitrogens is 4. The summed E-state index contributed by atoms with van der Waals surface area (Å²) in [7, 11) is 3.22. The highest BCUT2D eigenvalue weighted by Gasteiger charge is 2.24. The van der Waals surface area contributed by atoms with E-state index in [9.17, 15) is 4.79 Å². The summed E-state index contributed by atoms with van der Waals surface area (Å²) < 4.78 is 10.8. The highest BCUT2D eigenvalue weighted by Crippen LogP contribution is 2.34. The largest absolute Gasteiger partial charge is 0.491 e. The first-order valence-corrected chi connectivity index (χ1v) is 12.3. The van der Waals surface area contributed by atoms with E-state index in [0.717, 1.165) is 68.8 Å². The van der Waals surface area contributed by atoms with Crippen molar-refractivity contribution < 1.29 is 14.3 Å². The second kappa shape index (κ2) is 10.9. The van der Waals surface area contributed by atoms with Crippen LogP contribution in [0.15, 0.2) is 36.8 Å². The fourth-order valence-corrected chi connectivity index (χ4v) is 4.87. The molecule has 188 valence electrons. The molecular weight excluding hydrogens is 458 g/mol. The molecule has 1 aliphatic carbocycles. The summed E-state index contributed by atoms with van der Waals surface area (Å²) in [6.45, 7) is 3.57. The molecule has 3 aromatic heterocycles. The molecular formula is C26H31N7O3. The number of ether oxygens (including phenoxy) is 2. The van der Waals surface area contributed by atoms with Crippen LogP contribution in [-0.2, 0) is 12.8 Å². The van der Waals surface area contributed by atoms with Gasteiger partial charge in [-0.3, -0.25) is 9.78 Å². The maximum absolute atomic E-state index is 13.2. The van der Waals surface area contributed by atoms with Gasteiger partial charge < -0.3 is 25.0 Å². The Balaban J connectivity index is 1.31. The predicted octanol–water partition coefficient (Wildman–Crippen LogP) is 2.61. The number of amides is 1. The first kappa shape index (κ1) is 23.9. The molecule has 0 radical (unpaired) electrons. The van der Waals surface area contributed by atoms with E-state index in [1.54, 1.807) is 38.9 Å². The number of carbonyl (C=O) groups excluding carboxylic acids is 1. The number of nitrogens with one attached hydrogen (secondary N) is 2. The Bertz CT molecular complexity index is 1190. The highest BCUT2D eigenvalue weighted by molar-refractivity contribution is 6.04. The Morgan fingerprint density at radius 2 is 1.92 bits per heavy atom. The van der Waals surface area contributed by atoms with E-state index in [-0.39, 0.29) is 11.8 Å². The second-order valence-electron chi connectivity index (χ2n) is 8.96. The number of hydrogen-bond donors (Lipinski definition) is 2. The Labute approximate surface area is 210 Å². The highest BCUT2D eigenvalue weighted by atomic mass is 16.5. The number of piperazine rings is 1. The van der Waals surface area contributed by atoms with Crippen molar-refractivity contribution in [3.05, 3.63) is 59.6 Å². The number of rotatable bonds is 6. The topological polar surface area (TPSA) is 114 Å². The lowest BCUT2D eigenvalue weighted by molar-refractivity contribution is 0.102. The lowest BCUT2D eigenvalue weighted by Gasteiger charge is -2.30. The van der Waals surface area contributed by atoms with Crippen molar-refractivity contribution in [3.63, 3.8) is 0 Å². The number of anilines is 2. The van der Waals surface area contributed by atoms with Gasteiger partial charge in [0.15, 0.2) is 5.75 Å². The second-order valence-corrected chi connectivity index (χ2v) is 8.96. The molecule has 1 amide bonds. The quantitative estimate of drug-likeness (QED) is 0.504. The van der Waals surface area contributed by atoms with E-state index in [0.29, 0.717) is 28.8 Å². The summed E-state index contributed by atoms with van der Waals surface area (Å²) in [5.74, 6) is 1.68. The third kappa shape index (κ3) is 5.08. The molecule has 2 N–H and O–H groups in total. The Kier molecular flexibility index (Phi) is 7.22. The number of nitrogens with zero attached hydrogens (tertiary/aromatic N) is 5. The zero-order valence-corrected chi connectivity index (χ0v) is 20.7. The first-order chi connectivity index (χ1) is 17.7. The van der Waals surface area contributed by atoms with Gasteiger partial charge in [0.2, 0.25) is 0 Å². The van der Waals surface area contributed by atoms with Crippen LogP contribution in [0.4, 0.5) is 11.4 Å². The molecule has 36 heavy (non-hydrogen) atoms. The monoisotopic (exact) mass is 489 g/mol. The summed E-state index contributed by atoms with van der Waals surface area (Å²) in [5.41, 5.74) is 4.16. The SMILES string of the molecule is COc1cc2c(nc1OC)CCC(c1nccc(C(=O)Nc3cnccc3N3CCNCC3)n1)CC2. The number of aryl methyl sites for hydroxylation is 2. The van der Waals surface area contributed by atoms with Crippen molar-refractivity contribution >= 4 is 17.3 Å². The first-order valence-electron chi connectivity index (χ1n) is 12.3. The van der Waals surface area contributed by atoms with Gasteiger partial charge in [0.1, 0.15) is 11.5 Å². The molecule has 3 aromatic rings. The summed E-state index contributed by atoms with van der Waals surface area (Å²) in [6.07, 6.45) is 8.43. The maximum atomic E-state index is 13.2. The minimum atomic E-state index is -0.268. The fourth-order valence-electron chi connectivity index (χ4n) is 4.87. The van der Waals surface area contributed by atoms with Gasteiger partial charge in [-0.1, -0.05) is 0 Å². The molecule has 0 saturated carbocycles. The molecule has 4 heterocycles. The van der Waals surface area contributed by atoms with E-state index in [1.807, 2.05) is 12.1 Å². The van der Waals surface area contributed by atoms with Crippen LogP contribution in [0.25, 0.3) is 0 Å². The number of methoxy groups -OCH3 is 2.